The number of benzene rings is 2. The number of rotatable bonds is 3. The molecule has 2 N–H and O–H groups in total. The van der Waals surface area contributed by atoms with Crippen LogP contribution in [0.15, 0.2) is 46.9 Å². The zero-order chi connectivity index (χ0) is 14.0. The fraction of sp³-hybridized carbons (Fsp3) is 0.200. The van der Waals surface area contributed by atoms with Gasteiger partial charge in [-0.15, -0.1) is 0 Å². The molecule has 2 aromatic carbocycles. The van der Waals surface area contributed by atoms with E-state index in [1.807, 2.05) is 6.92 Å². The van der Waals surface area contributed by atoms with Crippen molar-refractivity contribution in [2.24, 2.45) is 5.73 Å². The van der Waals surface area contributed by atoms with Gasteiger partial charge in [0.25, 0.3) is 0 Å². The molecule has 4 heteroatoms. The predicted octanol–water partition coefficient (Wildman–Crippen LogP) is 4.14. The molecule has 0 aliphatic heterocycles. The molecule has 0 bridgehead atoms. The molecule has 0 aromatic heterocycles. The molecule has 1 atom stereocenters. The highest BCUT2D eigenvalue weighted by Crippen LogP contribution is 2.27. The molecule has 0 heterocycles. The van der Waals surface area contributed by atoms with Crippen LogP contribution in [0.2, 0.25) is 0 Å². The molecule has 0 aliphatic carbocycles. The van der Waals surface area contributed by atoms with Crippen LogP contribution < -0.4 is 5.73 Å². The third-order valence-electron chi connectivity index (χ3n) is 3.07. The predicted molar refractivity (Wildman–Crippen MR) is 75.7 cm³/mol. The first-order chi connectivity index (χ1) is 8.88. The van der Waals surface area contributed by atoms with Gasteiger partial charge >= 0.3 is 0 Å². The normalized spacial score (nSPS) is 14.2. The first-order valence-corrected chi connectivity index (χ1v) is 6.67. The van der Waals surface area contributed by atoms with Crippen molar-refractivity contribution in [3.63, 3.8) is 0 Å². The maximum atomic E-state index is 13.3. The second kappa shape index (κ2) is 5.39. The molecule has 1 unspecified atom stereocenters. The Morgan fingerprint density at radius 2 is 1.63 bits per heavy atom. The van der Waals surface area contributed by atoms with Crippen molar-refractivity contribution >= 4 is 15.9 Å². The van der Waals surface area contributed by atoms with E-state index in [1.54, 1.807) is 18.2 Å². The Morgan fingerprint density at radius 3 is 2.26 bits per heavy atom. The number of nitrogens with two attached hydrogens (primary N) is 1. The minimum atomic E-state index is -0.690. The van der Waals surface area contributed by atoms with Gasteiger partial charge in [0, 0.05) is 10.0 Å². The lowest BCUT2D eigenvalue weighted by molar-refractivity contribution is 0.487. The molecule has 2 rings (SSSR count). The molecule has 0 amide bonds. The third kappa shape index (κ3) is 3.39. The lowest BCUT2D eigenvalue weighted by Crippen LogP contribution is -2.35. The Hall–Kier alpha value is -1.26. The van der Waals surface area contributed by atoms with Crippen molar-refractivity contribution in [2.45, 2.75) is 18.9 Å². The van der Waals surface area contributed by atoms with Crippen LogP contribution in [-0.4, -0.2) is 0 Å². The lowest BCUT2D eigenvalue weighted by atomic mass is 9.86. The van der Waals surface area contributed by atoms with Crippen LogP contribution >= 0.6 is 15.9 Å². The van der Waals surface area contributed by atoms with E-state index in [9.17, 15) is 8.78 Å². The Morgan fingerprint density at radius 1 is 1.05 bits per heavy atom. The summed E-state index contributed by atoms with van der Waals surface area (Å²) in [5.41, 5.74) is 7.18. The molecule has 100 valence electrons. The van der Waals surface area contributed by atoms with E-state index in [2.05, 4.69) is 15.9 Å². The Kier molecular flexibility index (Phi) is 4.02. The molecule has 0 spiro atoms. The SMILES string of the molecule is CC(N)(Cc1cc(F)ccc1Br)c1ccc(F)cc1. The Labute approximate surface area is 119 Å². The summed E-state index contributed by atoms with van der Waals surface area (Å²) in [6, 6.07) is 10.6. The highest BCUT2D eigenvalue weighted by atomic mass is 79.9. The fourth-order valence-electron chi connectivity index (χ4n) is 2.01. The molecule has 1 nitrogen and oxygen atoms in total. The van der Waals surface area contributed by atoms with Gasteiger partial charge in [-0.2, -0.15) is 0 Å². The van der Waals surface area contributed by atoms with Crippen LogP contribution in [0.3, 0.4) is 0 Å². The van der Waals surface area contributed by atoms with Gasteiger partial charge in [-0.05, 0) is 54.8 Å². The standard InChI is InChI=1S/C15H14BrF2N/c1-15(19,11-2-4-12(17)5-3-11)9-10-8-13(18)6-7-14(10)16/h2-8H,9,19H2,1H3. The molecule has 0 fully saturated rings. The van der Waals surface area contributed by atoms with Crippen LogP contribution in [0.5, 0.6) is 0 Å². The summed E-state index contributed by atoms with van der Waals surface area (Å²) in [5.74, 6) is -0.598. The molecular weight excluding hydrogens is 312 g/mol. The van der Waals surface area contributed by atoms with Gasteiger partial charge in [-0.1, -0.05) is 28.1 Å². The molecular formula is C15H14BrF2N. The van der Waals surface area contributed by atoms with E-state index in [4.69, 9.17) is 5.73 Å². The lowest BCUT2D eigenvalue weighted by Gasteiger charge is -2.26. The average Bonchev–Trinajstić information content (AvgIpc) is 2.34. The first kappa shape index (κ1) is 14.2. The fourth-order valence-corrected chi connectivity index (χ4v) is 2.39. The van der Waals surface area contributed by atoms with Gasteiger partial charge < -0.3 is 5.73 Å². The third-order valence-corrected chi connectivity index (χ3v) is 3.84. The Bertz CT molecular complexity index is 579. The number of hydrogen-bond acceptors (Lipinski definition) is 1. The number of hydrogen-bond donors (Lipinski definition) is 1. The minimum absolute atomic E-state index is 0.298. The van der Waals surface area contributed by atoms with Crippen LogP contribution in [0.25, 0.3) is 0 Å². The van der Waals surface area contributed by atoms with Crippen molar-refractivity contribution in [1.82, 2.24) is 0 Å². The average molecular weight is 326 g/mol. The van der Waals surface area contributed by atoms with Crippen molar-refractivity contribution in [3.8, 4) is 0 Å². The van der Waals surface area contributed by atoms with Crippen molar-refractivity contribution < 1.29 is 8.78 Å². The number of halogens is 3. The summed E-state index contributed by atoms with van der Waals surface area (Å²) in [6.07, 6.45) is 0.455. The van der Waals surface area contributed by atoms with E-state index in [-0.39, 0.29) is 11.6 Å². The first-order valence-electron chi connectivity index (χ1n) is 5.87. The summed E-state index contributed by atoms with van der Waals surface area (Å²) in [5, 5.41) is 0. The second-order valence-electron chi connectivity index (χ2n) is 4.84. The molecule has 19 heavy (non-hydrogen) atoms. The highest BCUT2D eigenvalue weighted by molar-refractivity contribution is 9.10. The smallest absolute Gasteiger partial charge is 0.123 e. The van der Waals surface area contributed by atoms with Gasteiger partial charge in [0.1, 0.15) is 11.6 Å². The van der Waals surface area contributed by atoms with E-state index in [0.29, 0.717) is 6.42 Å². The summed E-state index contributed by atoms with van der Waals surface area (Å²) < 4.78 is 27.0. The zero-order valence-electron chi connectivity index (χ0n) is 10.5. The van der Waals surface area contributed by atoms with Crippen LogP contribution in [0.1, 0.15) is 18.1 Å². The summed E-state index contributed by atoms with van der Waals surface area (Å²) in [7, 11) is 0. The molecule has 0 aliphatic rings. The summed E-state index contributed by atoms with van der Waals surface area (Å²) >= 11 is 3.39. The second-order valence-corrected chi connectivity index (χ2v) is 5.69. The zero-order valence-corrected chi connectivity index (χ0v) is 12.0. The van der Waals surface area contributed by atoms with Gasteiger partial charge in [-0.25, -0.2) is 8.78 Å². The summed E-state index contributed by atoms with van der Waals surface area (Å²) in [4.78, 5) is 0. The maximum absolute atomic E-state index is 13.3. The van der Waals surface area contributed by atoms with Gasteiger partial charge in [0.15, 0.2) is 0 Å². The Balaban J connectivity index is 2.30. The van der Waals surface area contributed by atoms with Crippen molar-refractivity contribution in [1.29, 1.82) is 0 Å². The van der Waals surface area contributed by atoms with Crippen LogP contribution in [-0.2, 0) is 12.0 Å². The summed E-state index contributed by atoms with van der Waals surface area (Å²) in [6.45, 7) is 1.84. The van der Waals surface area contributed by atoms with Crippen molar-refractivity contribution in [3.05, 3.63) is 69.7 Å². The monoisotopic (exact) mass is 325 g/mol. The van der Waals surface area contributed by atoms with Gasteiger partial charge in [0.05, 0.1) is 0 Å². The van der Waals surface area contributed by atoms with Crippen LogP contribution in [0, 0.1) is 11.6 Å². The molecule has 0 radical (unpaired) electrons. The van der Waals surface area contributed by atoms with E-state index in [0.717, 1.165) is 15.6 Å². The topological polar surface area (TPSA) is 26.0 Å². The quantitative estimate of drug-likeness (QED) is 0.901. The van der Waals surface area contributed by atoms with E-state index in [1.165, 1.54) is 24.3 Å². The highest BCUT2D eigenvalue weighted by Gasteiger charge is 2.23. The van der Waals surface area contributed by atoms with E-state index < -0.39 is 5.54 Å². The van der Waals surface area contributed by atoms with Crippen LogP contribution in [0.4, 0.5) is 8.78 Å². The van der Waals surface area contributed by atoms with Gasteiger partial charge in [-0.3, -0.25) is 0 Å². The van der Waals surface area contributed by atoms with Crippen molar-refractivity contribution in [2.75, 3.05) is 0 Å². The van der Waals surface area contributed by atoms with E-state index >= 15 is 0 Å². The largest absolute Gasteiger partial charge is 0.321 e. The van der Waals surface area contributed by atoms with Gasteiger partial charge in [0.2, 0.25) is 0 Å². The molecule has 2 aromatic rings. The molecule has 0 saturated carbocycles. The minimum Gasteiger partial charge on any atom is -0.321 e. The molecule has 0 saturated heterocycles. The maximum Gasteiger partial charge on any atom is 0.123 e.